The standard InChI is InChI=1S/C26H33N3O2/c1-5-19-8-6-7-9-22(19)27-24(30)29-16-14-26(15-17-29)18-23(28-31-26)20-10-12-21(13-11-20)25(2,3)4/h6-13H,5,14-18H2,1-4H3,(H,27,30). The summed E-state index contributed by atoms with van der Waals surface area (Å²) in [6, 6.07) is 16.6. The van der Waals surface area contributed by atoms with Gasteiger partial charge < -0.3 is 15.1 Å². The lowest BCUT2D eigenvalue weighted by Gasteiger charge is -2.37. The van der Waals surface area contributed by atoms with Crippen LogP contribution in [0.25, 0.3) is 0 Å². The van der Waals surface area contributed by atoms with Crippen molar-refractivity contribution in [1.82, 2.24) is 4.90 Å². The van der Waals surface area contributed by atoms with Crippen molar-refractivity contribution >= 4 is 17.4 Å². The van der Waals surface area contributed by atoms with Gasteiger partial charge in [-0.3, -0.25) is 0 Å². The number of benzene rings is 2. The minimum atomic E-state index is -0.282. The van der Waals surface area contributed by atoms with Crippen LogP contribution in [0.4, 0.5) is 10.5 Å². The van der Waals surface area contributed by atoms with E-state index in [1.54, 1.807) is 0 Å². The SMILES string of the molecule is CCc1ccccc1NC(=O)N1CCC2(CC1)CC(c1ccc(C(C)(C)C)cc1)=NO2. The summed E-state index contributed by atoms with van der Waals surface area (Å²) in [5.74, 6) is 0. The van der Waals surface area contributed by atoms with Crippen LogP contribution in [-0.4, -0.2) is 35.3 Å². The summed E-state index contributed by atoms with van der Waals surface area (Å²) < 4.78 is 0. The minimum Gasteiger partial charge on any atom is -0.388 e. The zero-order chi connectivity index (χ0) is 22.1. The molecule has 1 N–H and O–H groups in total. The highest BCUT2D eigenvalue weighted by Crippen LogP contribution is 2.36. The highest BCUT2D eigenvalue weighted by Gasteiger charge is 2.43. The normalized spacial score (nSPS) is 17.9. The van der Waals surface area contributed by atoms with E-state index in [0.717, 1.165) is 48.2 Å². The number of piperidine rings is 1. The molecule has 0 radical (unpaired) electrons. The van der Waals surface area contributed by atoms with Gasteiger partial charge in [0.15, 0.2) is 0 Å². The second-order valence-corrected chi connectivity index (χ2v) is 9.74. The first-order chi connectivity index (χ1) is 14.8. The van der Waals surface area contributed by atoms with E-state index in [4.69, 9.17) is 4.84 Å². The number of amides is 2. The largest absolute Gasteiger partial charge is 0.388 e. The first-order valence-electron chi connectivity index (χ1n) is 11.3. The van der Waals surface area contributed by atoms with Gasteiger partial charge in [0.05, 0.1) is 5.71 Å². The molecule has 0 saturated carbocycles. The number of nitrogens with one attached hydrogen (secondary N) is 1. The van der Waals surface area contributed by atoms with Gasteiger partial charge in [0.2, 0.25) is 0 Å². The van der Waals surface area contributed by atoms with Crippen LogP contribution in [-0.2, 0) is 16.7 Å². The van der Waals surface area contributed by atoms with Crippen LogP contribution >= 0.6 is 0 Å². The fourth-order valence-electron chi connectivity index (χ4n) is 4.37. The fourth-order valence-corrected chi connectivity index (χ4v) is 4.37. The number of hydrogen-bond acceptors (Lipinski definition) is 3. The third-order valence-corrected chi connectivity index (χ3v) is 6.53. The molecule has 164 valence electrons. The Balaban J connectivity index is 1.34. The molecule has 0 aliphatic carbocycles. The maximum absolute atomic E-state index is 12.8. The summed E-state index contributed by atoms with van der Waals surface area (Å²) in [6.07, 6.45) is 3.28. The summed E-state index contributed by atoms with van der Waals surface area (Å²) in [5, 5.41) is 7.51. The number of hydrogen-bond donors (Lipinski definition) is 1. The van der Waals surface area contributed by atoms with Gasteiger partial charge in [-0.05, 0) is 34.6 Å². The molecule has 5 nitrogen and oxygen atoms in total. The van der Waals surface area contributed by atoms with Gasteiger partial charge in [0, 0.05) is 38.0 Å². The van der Waals surface area contributed by atoms with Crippen molar-refractivity contribution in [2.24, 2.45) is 5.16 Å². The molecular weight excluding hydrogens is 386 g/mol. The lowest BCUT2D eigenvalue weighted by molar-refractivity contribution is -0.0544. The van der Waals surface area contributed by atoms with E-state index >= 15 is 0 Å². The second kappa shape index (κ2) is 8.37. The molecule has 0 aromatic heterocycles. The van der Waals surface area contributed by atoms with Crippen molar-refractivity contribution in [3.8, 4) is 0 Å². The highest BCUT2D eigenvalue weighted by atomic mass is 16.7. The highest BCUT2D eigenvalue weighted by molar-refractivity contribution is 6.01. The third kappa shape index (κ3) is 4.60. The molecule has 0 bridgehead atoms. The van der Waals surface area contributed by atoms with E-state index in [2.05, 4.69) is 68.5 Å². The van der Waals surface area contributed by atoms with E-state index in [9.17, 15) is 4.79 Å². The number of rotatable bonds is 3. The number of para-hydroxylation sites is 1. The zero-order valence-corrected chi connectivity index (χ0v) is 19.1. The molecule has 1 saturated heterocycles. The van der Waals surface area contributed by atoms with Gasteiger partial charge in [-0.25, -0.2) is 4.79 Å². The first-order valence-corrected chi connectivity index (χ1v) is 11.3. The number of likely N-dealkylation sites (tertiary alicyclic amines) is 1. The molecule has 0 atom stereocenters. The number of anilines is 1. The maximum Gasteiger partial charge on any atom is 0.321 e. The van der Waals surface area contributed by atoms with Crippen molar-refractivity contribution in [2.75, 3.05) is 18.4 Å². The molecule has 31 heavy (non-hydrogen) atoms. The Labute approximate surface area is 185 Å². The number of carbonyl (C=O) groups is 1. The molecule has 1 fully saturated rings. The third-order valence-electron chi connectivity index (χ3n) is 6.53. The molecule has 2 aromatic rings. The van der Waals surface area contributed by atoms with E-state index in [-0.39, 0.29) is 17.0 Å². The molecule has 1 spiro atoms. The van der Waals surface area contributed by atoms with Crippen molar-refractivity contribution < 1.29 is 9.63 Å². The van der Waals surface area contributed by atoms with Gasteiger partial charge in [-0.1, -0.05) is 75.3 Å². The van der Waals surface area contributed by atoms with Gasteiger partial charge >= 0.3 is 6.03 Å². The van der Waals surface area contributed by atoms with Crippen LogP contribution in [0.1, 0.15) is 63.6 Å². The lowest BCUT2D eigenvalue weighted by Crippen LogP contribution is -2.48. The number of carbonyl (C=O) groups excluding carboxylic acids is 1. The van der Waals surface area contributed by atoms with E-state index in [1.807, 2.05) is 23.1 Å². The van der Waals surface area contributed by atoms with Gasteiger partial charge in [0.1, 0.15) is 5.60 Å². The molecule has 2 aliphatic rings. The molecule has 5 heteroatoms. The molecular formula is C26H33N3O2. The van der Waals surface area contributed by atoms with Crippen LogP contribution in [0.5, 0.6) is 0 Å². The van der Waals surface area contributed by atoms with Crippen molar-refractivity contribution in [3.63, 3.8) is 0 Å². The lowest BCUT2D eigenvalue weighted by atomic mass is 9.84. The predicted octanol–water partition coefficient (Wildman–Crippen LogP) is 5.74. The van der Waals surface area contributed by atoms with Crippen molar-refractivity contribution in [2.45, 2.75) is 64.4 Å². The van der Waals surface area contributed by atoms with Crippen LogP contribution in [0, 0.1) is 0 Å². The predicted molar refractivity (Wildman–Crippen MR) is 126 cm³/mol. The number of urea groups is 1. The summed E-state index contributed by atoms with van der Waals surface area (Å²) in [7, 11) is 0. The maximum atomic E-state index is 12.8. The Morgan fingerprint density at radius 3 is 2.42 bits per heavy atom. The second-order valence-electron chi connectivity index (χ2n) is 9.74. The van der Waals surface area contributed by atoms with E-state index < -0.39 is 0 Å². The molecule has 2 heterocycles. The first kappa shape index (κ1) is 21.4. The topological polar surface area (TPSA) is 53.9 Å². The quantitative estimate of drug-likeness (QED) is 0.690. The zero-order valence-electron chi connectivity index (χ0n) is 19.1. The average molecular weight is 420 g/mol. The molecule has 2 amide bonds. The number of nitrogens with zero attached hydrogens (tertiary/aromatic N) is 2. The van der Waals surface area contributed by atoms with Crippen LogP contribution in [0.2, 0.25) is 0 Å². The molecule has 2 aliphatic heterocycles. The van der Waals surface area contributed by atoms with Crippen molar-refractivity contribution in [1.29, 1.82) is 0 Å². The summed E-state index contributed by atoms with van der Waals surface area (Å²) in [4.78, 5) is 20.6. The Morgan fingerprint density at radius 1 is 1.10 bits per heavy atom. The van der Waals surface area contributed by atoms with E-state index in [0.29, 0.717) is 13.1 Å². The van der Waals surface area contributed by atoms with Crippen LogP contribution < -0.4 is 5.32 Å². The fraction of sp³-hybridized carbons (Fsp3) is 0.462. The number of oxime groups is 1. The Hall–Kier alpha value is -2.82. The van der Waals surface area contributed by atoms with Crippen LogP contribution in [0.3, 0.4) is 0 Å². The Bertz CT molecular complexity index is 965. The Morgan fingerprint density at radius 2 is 1.77 bits per heavy atom. The van der Waals surface area contributed by atoms with Crippen molar-refractivity contribution in [3.05, 3.63) is 65.2 Å². The van der Waals surface area contributed by atoms with Gasteiger partial charge in [0.25, 0.3) is 0 Å². The smallest absolute Gasteiger partial charge is 0.321 e. The molecule has 4 rings (SSSR count). The van der Waals surface area contributed by atoms with Gasteiger partial charge in [-0.15, -0.1) is 0 Å². The summed E-state index contributed by atoms with van der Waals surface area (Å²) >= 11 is 0. The summed E-state index contributed by atoms with van der Waals surface area (Å²) in [5.41, 5.74) is 5.36. The molecule has 0 unspecified atom stereocenters. The van der Waals surface area contributed by atoms with Crippen LogP contribution in [0.15, 0.2) is 53.7 Å². The monoisotopic (exact) mass is 419 g/mol. The van der Waals surface area contributed by atoms with Gasteiger partial charge in [-0.2, -0.15) is 0 Å². The minimum absolute atomic E-state index is 0.0346. The number of aryl methyl sites for hydroxylation is 1. The average Bonchev–Trinajstić information content (AvgIpc) is 3.17. The Kier molecular flexibility index (Phi) is 5.78. The molecule has 2 aromatic carbocycles. The summed E-state index contributed by atoms with van der Waals surface area (Å²) in [6.45, 7) is 10.1. The van der Waals surface area contributed by atoms with E-state index in [1.165, 1.54) is 5.56 Å².